The molecule has 0 saturated heterocycles. The topological polar surface area (TPSA) is 73.1 Å². The third kappa shape index (κ3) is 4.56. The maximum absolute atomic E-state index is 13.2. The van der Waals surface area contributed by atoms with Crippen LogP contribution in [0.4, 0.5) is 10.1 Å². The molecule has 0 aliphatic carbocycles. The predicted octanol–water partition coefficient (Wildman–Crippen LogP) is 3.64. The van der Waals surface area contributed by atoms with Gasteiger partial charge in [-0.1, -0.05) is 37.6 Å². The Morgan fingerprint density at radius 2 is 1.86 bits per heavy atom. The normalized spacial score (nSPS) is 11.2. The molecule has 2 aromatic carbocycles. The van der Waals surface area contributed by atoms with Crippen molar-refractivity contribution >= 4 is 34.1 Å². The quantitative estimate of drug-likeness (QED) is 0.665. The number of rotatable bonds is 6. The van der Waals surface area contributed by atoms with Gasteiger partial charge in [0.05, 0.1) is 21.6 Å². The lowest BCUT2D eigenvalue weighted by Gasteiger charge is -2.15. The van der Waals surface area contributed by atoms with E-state index in [9.17, 15) is 18.8 Å². The monoisotopic (exact) mass is 417 g/mol. The maximum Gasteiger partial charge on any atom is 0.331 e. The van der Waals surface area contributed by atoms with E-state index in [2.05, 4.69) is 5.32 Å². The van der Waals surface area contributed by atoms with Crippen molar-refractivity contribution in [1.29, 1.82) is 0 Å². The van der Waals surface area contributed by atoms with E-state index >= 15 is 0 Å². The molecular formula is C21H21ClFN3O3. The first kappa shape index (κ1) is 20.8. The first-order valence-corrected chi connectivity index (χ1v) is 9.63. The predicted molar refractivity (Wildman–Crippen MR) is 112 cm³/mol. The van der Waals surface area contributed by atoms with Gasteiger partial charge in [0.1, 0.15) is 12.4 Å². The highest BCUT2D eigenvalue weighted by Gasteiger charge is 2.16. The van der Waals surface area contributed by atoms with Gasteiger partial charge in [-0.05, 0) is 42.7 Å². The van der Waals surface area contributed by atoms with Crippen molar-refractivity contribution in [2.75, 3.05) is 5.32 Å². The van der Waals surface area contributed by atoms with Crippen molar-refractivity contribution in [1.82, 2.24) is 9.13 Å². The number of carbonyl (C=O) groups excluding carboxylic acids is 1. The zero-order valence-corrected chi connectivity index (χ0v) is 16.9. The molecule has 0 aliphatic rings. The van der Waals surface area contributed by atoms with E-state index in [4.69, 9.17) is 11.6 Å². The Hall–Kier alpha value is -2.93. The van der Waals surface area contributed by atoms with Crippen molar-refractivity contribution < 1.29 is 9.18 Å². The number of nitrogens with zero attached hydrogens (tertiary/aromatic N) is 2. The molecule has 3 aromatic rings. The number of para-hydroxylation sites is 1. The Morgan fingerprint density at radius 3 is 2.55 bits per heavy atom. The summed E-state index contributed by atoms with van der Waals surface area (Å²) in [4.78, 5) is 38.3. The minimum atomic E-state index is -0.547. The number of hydrogen-bond donors (Lipinski definition) is 1. The van der Waals surface area contributed by atoms with Crippen LogP contribution < -0.4 is 16.6 Å². The second-order valence-corrected chi connectivity index (χ2v) is 7.60. The number of hydrogen-bond acceptors (Lipinski definition) is 3. The molecule has 29 heavy (non-hydrogen) atoms. The minimum absolute atomic E-state index is 0.0532. The summed E-state index contributed by atoms with van der Waals surface area (Å²) in [5, 5.41) is 3.00. The summed E-state index contributed by atoms with van der Waals surface area (Å²) in [5.41, 5.74) is -0.300. The van der Waals surface area contributed by atoms with Crippen LogP contribution in [-0.4, -0.2) is 15.0 Å². The van der Waals surface area contributed by atoms with Crippen LogP contribution >= 0.6 is 11.6 Å². The van der Waals surface area contributed by atoms with Gasteiger partial charge < -0.3 is 5.32 Å². The highest BCUT2D eigenvalue weighted by atomic mass is 35.5. The number of amides is 1. The molecule has 1 heterocycles. The number of benzene rings is 2. The van der Waals surface area contributed by atoms with Crippen LogP contribution in [0.1, 0.15) is 20.3 Å². The lowest BCUT2D eigenvalue weighted by Crippen LogP contribution is -2.42. The van der Waals surface area contributed by atoms with Crippen molar-refractivity contribution in [2.45, 2.75) is 33.4 Å². The second-order valence-electron chi connectivity index (χ2n) is 7.20. The van der Waals surface area contributed by atoms with Gasteiger partial charge in [-0.2, -0.15) is 0 Å². The molecule has 0 unspecified atom stereocenters. The van der Waals surface area contributed by atoms with Crippen molar-refractivity contribution in [3.8, 4) is 0 Å². The Balaban J connectivity index is 2.00. The highest BCUT2D eigenvalue weighted by molar-refractivity contribution is 6.33. The third-order valence-corrected chi connectivity index (χ3v) is 4.88. The van der Waals surface area contributed by atoms with Crippen LogP contribution in [0.25, 0.3) is 10.9 Å². The van der Waals surface area contributed by atoms with Crippen LogP contribution in [0.2, 0.25) is 5.02 Å². The van der Waals surface area contributed by atoms with Gasteiger partial charge in [0.15, 0.2) is 0 Å². The first-order valence-electron chi connectivity index (χ1n) is 9.25. The summed E-state index contributed by atoms with van der Waals surface area (Å²) in [6, 6.07) is 10.3. The molecule has 0 bridgehead atoms. The molecule has 3 rings (SSSR count). The van der Waals surface area contributed by atoms with Crippen LogP contribution in [0.15, 0.2) is 52.1 Å². The molecular weight excluding hydrogens is 397 g/mol. The number of carbonyl (C=O) groups is 1. The second kappa shape index (κ2) is 8.61. The third-order valence-electron chi connectivity index (χ3n) is 4.57. The molecule has 0 atom stereocenters. The van der Waals surface area contributed by atoms with Crippen molar-refractivity contribution in [2.24, 2.45) is 5.92 Å². The maximum atomic E-state index is 13.2. The van der Waals surface area contributed by atoms with Gasteiger partial charge in [-0.25, -0.2) is 9.18 Å². The van der Waals surface area contributed by atoms with E-state index in [1.807, 2.05) is 13.8 Å². The van der Waals surface area contributed by atoms with Gasteiger partial charge in [-0.15, -0.1) is 0 Å². The fourth-order valence-electron chi connectivity index (χ4n) is 3.03. The van der Waals surface area contributed by atoms with E-state index in [0.717, 1.165) is 6.07 Å². The lowest BCUT2D eigenvalue weighted by atomic mass is 10.1. The number of fused-ring (bicyclic) bond motifs is 1. The van der Waals surface area contributed by atoms with Gasteiger partial charge in [-0.3, -0.25) is 18.7 Å². The minimum Gasteiger partial charge on any atom is -0.323 e. The molecule has 152 valence electrons. The standard InChI is InChI=1S/C21H21ClFN3O3/c1-13(2)9-10-25-20(28)15-5-3-4-6-18(15)26(21(25)29)12-19(27)24-17-8-7-14(23)11-16(17)22/h3-8,11,13H,9-10,12H2,1-2H3,(H,24,27). The summed E-state index contributed by atoms with van der Waals surface area (Å²) >= 11 is 5.95. The van der Waals surface area contributed by atoms with Gasteiger partial charge in [0, 0.05) is 6.54 Å². The van der Waals surface area contributed by atoms with Crippen LogP contribution in [0.3, 0.4) is 0 Å². The zero-order chi connectivity index (χ0) is 21.1. The fraction of sp³-hybridized carbons (Fsp3) is 0.286. The van der Waals surface area contributed by atoms with Gasteiger partial charge in [0.2, 0.25) is 5.91 Å². The molecule has 6 nitrogen and oxygen atoms in total. The molecule has 1 amide bonds. The van der Waals surface area contributed by atoms with Crippen LogP contribution in [-0.2, 0) is 17.9 Å². The average Bonchev–Trinajstić information content (AvgIpc) is 2.67. The highest BCUT2D eigenvalue weighted by Crippen LogP contribution is 2.22. The summed E-state index contributed by atoms with van der Waals surface area (Å²) < 4.78 is 15.6. The molecule has 1 aromatic heterocycles. The lowest BCUT2D eigenvalue weighted by molar-refractivity contribution is -0.116. The summed E-state index contributed by atoms with van der Waals surface area (Å²) in [7, 11) is 0. The largest absolute Gasteiger partial charge is 0.331 e. The summed E-state index contributed by atoms with van der Waals surface area (Å²) in [6.07, 6.45) is 0.658. The summed E-state index contributed by atoms with van der Waals surface area (Å²) in [5.74, 6) is -0.725. The summed E-state index contributed by atoms with van der Waals surface area (Å²) in [6.45, 7) is 3.97. The number of halogens is 2. The number of aromatic nitrogens is 2. The van der Waals surface area contributed by atoms with E-state index in [0.29, 0.717) is 23.2 Å². The Labute approximate surface area is 171 Å². The molecule has 0 saturated carbocycles. The SMILES string of the molecule is CC(C)CCn1c(=O)c2ccccc2n(CC(=O)Nc2ccc(F)cc2Cl)c1=O. The fourth-order valence-corrected chi connectivity index (χ4v) is 3.25. The van der Waals surface area contributed by atoms with Gasteiger partial charge in [0.25, 0.3) is 5.56 Å². The molecule has 8 heteroatoms. The first-order chi connectivity index (χ1) is 13.8. The van der Waals surface area contributed by atoms with E-state index in [-0.39, 0.29) is 29.4 Å². The number of anilines is 1. The number of nitrogens with one attached hydrogen (secondary N) is 1. The molecule has 0 aliphatic heterocycles. The molecule has 0 radical (unpaired) electrons. The van der Waals surface area contributed by atoms with E-state index in [1.54, 1.807) is 24.3 Å². The zero-order valence-electron chi connectivity index (χ0n) is 16.1. The van der Waals surface area contributed by atoms with Crippen LogP contribution in [0.5, 0.6) is 0 Å². The Kier molecular flexibility index (Phi) is 6.17. The van der Waals surface area contributed by atoms with E-state index in [1.165, 1.54) is 21.3 Å². The van der Waals surface area contributed by atoms with Gasteiger partial charge >= 0.3 is 5.69 Å². The Bertz CT molecular complexity index is 1180. The van der Waals surface area contributed by atoms with Crippen molar-refractivity contribution in [3.05, 3.63) is 74.1 Å². The molecule has 1 N–H and O–H groups in total. The van der Waals surface area contributed by atoms with Crippen molar-refractivity contribution in [3.63, 3.8) is 0 Å². The van der Waals surface area contributed by atoms with Crippen LogP contribution in [0, 0.1) is 11.7 Å². The molecule has 0 fully saturated rings. The smallest absolute Gasteiger partial charge is 0.323 e. The Morgan fingerprint density at radius 1 is 1.14 bits per heavy atom. The molecule has 0 spiro atoms. The average molecular weight is 418 g/mol. The van der Waals surface area contributed by atoms with E-state index < -0.39 is 17.4 Å².